The summed E-state index contributed by atoms with van der Waals surface area (Å²) in [5, 5.41) is 0. The van der Waals surface area contributed by atoms with Gasteiger partial charge in [-0.25, -0.2) is 0 Å². The molecular formula is C7H15NY-2. The zero-order valence-electron chi connectivity index (χ0n) is 6.65. The van der Waals surface area contributed by atoms with Crippen LogP contribution < -0.4 is 0 Å². The summed E-state index contributed by atoms with van der Waals surface area (Å²) >= 11 is 0. The van der Waals surface area contributed by atoms with Crippen LogP contribution >= 0.6 is 0 Å². The summed E-state index contributed by atoms with van der Waals surface area (Å²) in [6, 6.07) is 0. The molecule has 0 spiro atoms. The van der Waals surface area contributed by atoms with E-state index < -0.39 is 0 Å². The van der Waals surface area contributed by atoms with Crippen LogP contribution in [0.15, 0.2) is 0 Å². The Bertz CT molecular complexity index is 65.8. The zero-order chi connectivity index (χ0) is 6.78. The third kappa shape index (κ3) is 5.51. The topological polar surface area (TPSA) is 3.24 Å². The molecule has 0 aliphatic heterocycles. The molecule has 0 saturated carbocycles. The summed E-state index contributed by atoms with van der Waals surface area (Å²) in [5.41, 5.74) is 0.168. The molecule has 0 aromatic carbocycles. The van der Waals surface area contributed by atoms with Gasteiger partial charge in [-0.3, -0.25) is 7.05 Å². The molecule has 0 saturated heterocycles. The molecule has 0 fully saturated rings. The fourth-order valence-electron chi connectivity index (χ4n) is 0.335. The van der Waals surface area contributed by atoms with Crippen LogP contribution in [0, 0.1) is 14.0 Å². The van der Waals surface area contributed by atoms with Gasteiger partial charge in [0, 0.05) is 32.7 Å². The summed E-state index contributed by atoms with van der Waals surface area (Å²) in [6.07, 6.45) is 0. The van der Waals surface area contributed by atoms with Crippen molar-refractivity contribution in [1.29, 1.82) is 0 Å². The molecule has 0 unspecified atom stereocenters. The summed E-state index contributed by atoms with van der Waals surface area (Å²) in [5.74, 6) is 0. The predicted octanol–water partition coefficient (Wildman–Crippen LogP) is 1.71. The van der Waals surface area contributed by atoms with Gasteiger partial charge in [0.1, 0.15) is 0 Å². The third-order valence-electron chi connectivity index (χ3n) is 1.22. The average Bonchev–Trinajstić information content (AvgIpc) is 1.62. The van der Waals surface area contributed by atoms with E-state index in [0.29, 0.717) is 0 Å². The Kier molecular flexibility index (Phi) is 6.80. The van der Waals surface area contributed by atoms with Crippen molar-refractivity contribution in [2.24, 2.45) is 0 Å². The average molecular weight is 202 g/mol. The van der Waals surface area contributed by atoms with Crippen molar-refractivity contribution < 1.29 is 32.7 Å². The van der Waals surface area contributed by atoms with Gasteiger partial charge in [0.15, 0.2) is 0 Å². The van der Waals surface area contributed by atoms with Crippen molar-refractivity contribution in [3.8, 4) is 0 Å². The van der Waals surface area contributed by atoms with Crippen LogP contribution in [0.25, 0.3) is 0 Å². The van der Waals surface area contributed by atoms with Gasteiger partial charge in [0.05, 0.1) is 0 Å². The summed E-state index contributed by atoms with van der Waals surface area (Å²) in [4.78, 5) is 1.95. The molecule has 0 heterocycles. The number of hydrogen-bond acceptors (Lipinski definition) is 1. The molecule has 0 aliphatic carbocycles. The van der Waals surface area contributed by atoms with Crippen LogP contribution in [0.2, 0.25) is 0 Å². The number of hydrogen-bond donors (Lipinski definition) is 0. The van der Waals surface area contributed by atoms with E-state index >= 15 is 0 Å². The Hall–Kier alpha value is 1.06. The first-order chi connectivity index (χ1) is 3.48. The van der Waals surface area contributed by atoms with Gasteiger partial charge in [-0.2, -0.15) is 6.54 Å². The molecule has 1 radical (unpaired) electrons. The quantitative estimate of drug-likeness (QED) is 0.585. The smallest absolute Gasteiger partial charge is 0 e. The largest absolute Gasteiger partial charge is 0.480 e. The monoisotopic (exact) mass is 202 g/mol. The molecule has 0 atom stereocenters. The van der Waals surface area contributed by atoms with Crippen LogP contribution in [0.5, 0.6) is 0 Å². The van der Waals surface area contributed by atoms with Crippen LogP contribution in [-0.4, -0.2) is 17.0 Å². The first kappa shape index (κ1) is 12.7. The van der Waals surface area contributed by atoms with Crippen molar-refractivity contribution in [3.63, 3.8) is 0 Å². The fraction of sp³-hybridized carbons (Fsp3) is 0.714. The summed E-state index contributed by atoms with van der Waals surface area (Å²) in [6.45, 7) is 10.8. The standard InChI is InChI=1S/C7H15N.Y/c1-6-8(5)7(2,3)4;/h1,5-6H2,2-4H3;/q-2;. The van der Waals surface area contributed by atoms with E-state index in [0.717, 1.165) is 6.54 Å². The van der Waals surface area contributed by atoms with E-state index in [2.05, 4.69) is 34.7 Å². The van der Waals surface area contributed by atoms with Crippen LogP contribution in [0.4, 0.5) is 0 Å². The van der Waals surface area contributed by atoms with Crippen molar-refractivity contribution >= 4 is 0 Å². The van der Waals surface area contributed by atoms with Crippen molar-refractivity contribution in [2.75, 3.05) is 6.54 Å². The molecule has 0 N–H and O–H groups in total. The van der Waals surface area contributed by atoms with Crippen LogP contribution in [0.3, 0.4) is 0 Å². The minimum Gasteiger partial charge on any atom is -0.480 e. The fourth-order valence-corrected chi connectivity index (χ4v) is 0.335. The van der Waals surface area contributed by atoms with Gasteiger partial charge in [0.2, 0.25) is 0 Å². The van der Waals surface area contributed by atoms with Crippen molar-refractivity contribution in [1.82, 2.24) is 4.90 Å². The molecule has 0 amide bonds. The number of nitrogens with zero attached hydrogens (tertiary/aromatic N) is 1. The Morgan fingerprint density at radius 3 is 1.67 bits per heavy atom. The predicted molar refractivity (Wildman–Crippen MR) is 37.2 cm³/mol. The molecule has 0 aromatic heterocycles. The van der Waals surface area contributed by atoms with Gasteiger partial charge in [0.25, 0.3) is 0 Å². The molecule has 9 heavy (non-hydrogen) atoms. The Labute approximate surface area is 84.1 Å². The molecule has 53 valence electrons. The van der Waals surface area contributed by atoms with Crippen LogP contribution in [0.1, 0.15) is 20.8 Å². The first-order valence-electron chi connectivity index (χ1n) is 2.86. The molecule has 0 bridgehead atoms. The Morgan fingerprint density at radius 1 is 1.33 bits per heavy atom. The van der Waals surface area contributed by atoms with E-state index in [-0.39, 0.29) is 38.2 Å². The van der Waals surface area contributed by atoms with Gasteiger partial charge >= 0.3 is 0 Å². The van der Waals surface area contributed by atoms with Gasteiger partial charge in [-0.15, -0.1) is 0 Å². The minimum atomic E-state index is 0. The second kappa shape index (κ2) is 4.81. The van der Waals surface area contributed by atoms with E-state index in [1.807, 2.05) is 4.90 Å². The SMILES string of the molecule is [CH2-]CN([CH2-])C(C)(C)C.[Y]. The maximum Gasteiger partial charge on any atom is 0 e. The van der Waals surface area contributed by atoms with E-state index in [4.69, 9.17) is 0 Å². The molecular weight excluding hydrogens is 187 g/mol. The Balaban J connectivity index is 0. The normalized spacial score (nSPS) is 11.3. The van der Waals surface area contributed by atoms with Crippen LogP contribution in [-0.2, 0) is 32.7 Å². The summed E-state index contributed by atoms with van der Waals surface area (Å²) < 4.78 is 0. The van der Waals surface area contributed by atoms with E-state index in [1.165, 1.54) is 0 Å². The molecule has 0 aromatic rings. The number of rotatable bonds is 1. The van der Waals surface area contributed by atoms with Gasteiger partial charge < -0.3 is 11.8 Å². The van der Waals surface area contributed by atoms with Gasteiger partial charge in [-0.05, 0) is 26.3 Å². The molecule has 2 heteroatoms. The Morgan fingerprint density at radius 2 is 1.67 bits per heavy atom. The second-order valence-electron chi connectivity index (χ2n) is 2.93. The van der Waals surface area contributed by atoms with Crippen molar-refractivity contribution in [3.05, 3.63) is 14.0 Å². The maximum absolute atomic E-state index is 3.80. The summed E-state index contributed by atoms with van der Waals surface area (Å²) in [7, 11) is 3.80. The second-order valence-corrected chi connectivity index (χ2v) is 2.93. The van der Waals surface area contributed by atoms with Gasteiger partial charge in [-0.1, -0.05) is 0 Å². The van der Waals surface area contributed by atoms with E-state index in [1.54, 1.807) is 0 Å². The first-order valence-corrected chi connectivity index (χ1v) is 2.86. The molecule has 0 rings (SSSR count). The molecule has 0 aliphatic rings. The van der Waals surface area contributed by atoms with E-state index in [9.17, 15) is 0 Å². The third-order valence-corrected chi connectivity index (χ3v) is 1.22. The minimum absolute atomic E-state index is 0. The van der Waals surface area contributed by atoms with Crippen molar-refractivity contribution in [2.45, 2.75) is 26.3 Å². The molecule has 1 nitrogen and oxygen atoms in total. The zero-order valence-corrected chi connectivity index (χ0v) is 9.48. The maximum atomic E-state index is 3.80.